The molecule has 3 aromatic rings. The third kappa shape index (κ3) is 3.67. The summed E-state index contributed by atoms with van der Waals surface area (Å²) < 4.78 is 7.76. The van der Waals surface area contributed by atoms with Crippen molar-refractivity contribution in [3.05, 3.63) is 82.1 Å². The highest BCUT2D eigenvalue weighted by Gasteiger charge is 2.29. The molecule has 8 nitrogen and oxygen atoms in total. The Bertz CT molecular complexity index is 1150. The van der Waals surface area contributed by atoms with Gasteiger partial charge in [0.15, 0.2) is 0 Å². The van der Waals surface area contributed by atoms with Crippen LogP contribution in [0.3, 0.4) is 0 Å². The number of aliphatic carboxylic acids is 1. The molecule has 3 N–H and O–H groups in total. The number of anilines is 2. The Kier molecular flexibility index (Phi) is 5.28. The van der Waals surface area contributed by atoms with Gasteiger partial charge in [-0.25, -0.2) is 9.48 Å². The summed E-state index contributed by atoms with van der Waals surface area (Å²) in [6, 6.07) is 14.0. The number of ether oxygens (including phenoxy) is 1. The molecule has 0 bridgehead atoms. The van der Waals surface area contributed by atoms with Gasteiger partial charge in [0.25, 0.3) is 5.91 Å². The van der Waals surface area contributed by atoms with E-state index >= 15 is 0 Å². The Morgan fingerprint density at radius 1 is 1.20 bits per heavy atom. The van der Waals surface area contributed by atoms with Crippen molar-refractivity contribution in [2.24, 2.45) is 0 Å². The predicted octanol–water partition coefficient (Wildman–Crippen LogP) is 3.89. The molecule has 1 aromatic heterocycles. The van der Waals surface area contributed by atoms with Crippen molar-refractivity contribution >= 4 is 39.3 Å². The molecule has 1 atom stereocenters. The number of allylic oxidation sites excluding steroid dienone is 1. The minimum atomic E-state index is -1.12. The topological polar surface area (TPSA) is 105 Å². The van der Waals surface area contributed by atoms with E-state index in [0.29, 0.717) is 17.3 Å². The Morgan fingerprint density at radius 2 is 1.93 bits per heavy atom. The van der Waals surface area contributed by atoms with Gasteiger partial charge in [-0.3, -0.25) is 4.79 Å². The van der Waals surface area contributed by atoms with Crippen LogP contribution in [0.5, 0.6) is 5.75 Å². The maximum absolute atomic E-state index is 12.9. The number of carboxylic acid groups (broad SMARTS) is 1. The zero-order chi connectivity index (χ0) is 21.3. The van der Waals surface area contributed by atoms with Crippen molar-refractivity contribution in [3.8, 4) is 5.75 Å². The molecule has 1 aliphatic heterocycles. The number of fused-ring (bicyclic) bond motifs is 1. The number of carboxylic acids is 1. The normalized spacial score (nSPS) is 14.9. The lowest BCUT2D eigenvalue weighted by Gasteiger charge is -2.24. The molecule has 152 valence electrons. The predicted molar refractivity (Wildman–Crippen MR) is 115 cm³/mol. The molecule has 9 heteroatoms. The highest BCUT2D eigenvalue weighted by atomic mass is 79.9. The van der Waals surface area contributed by atoms with Gasteiger partial charge in [-0.2, -0.15) is 5.10 Å². The third-order valence-corrected chi connectivity index (χ3v) is 5.21. The summed E-state index contributed by atoms with van der Waals surface area (Å²) >= 11 is 3.40. The van der Waals surface area contributed by atoms with Crippen molar-refractivity contribution < 1.29 is 19.4 Å². The molecule has 0 aliphatic carbocycles. The largest absolute Gasteiger partial charge is 0.495 e. The Hall–Kier alpha value is -3.59. The number of nitrogens with one attached hydrogen (secondary N) is 2. The lowest BCUT2D eigenvalue weighted by Crippen LogP contribution is -2.25. The summed E-state index contributed by atoms with van der Waals surface area (Å²) in [6.45, 7) is 0. The molecule has 0 radical (unpaired) electrons. The van der Waals surface area contributed by atoms with Crippen LogP contribution in [0.2, 0.25) is 0 Å². The number of hydrogen-bond acceptors (Lipinski definition) is 5. The van der Waals surface area contributed by atoms with Crippen molar-refractivity contribution in [1.82, 2.24) is 9.78 Å². The summed E-state index contributed by atoms with van der Waals surface area (Å²) in [7, 11) is 1.51. The van der Waals surface area contributed by atoms with Crippen LogP contribution in [0, 0.1) is 0 Å². The summed E-state index contributed by atoms with van der Waals surface area (Å²) in [4.78, 5) is 24.6. The van der Waals surface area contributed by atoms with E-state index in [1.54, 1.807) is 35.0 Å². The number of amides is 1. The van der Waals surface area contributed by atoms with Gasteiger partial charge in [-0.15, -0.1) is 0 Å². The van der Waals surface area contributed by atoms with Crippen LogP contribution >= 0.6 is 15.9 Å². The molecular formula is C21H17BrN4O4. The first-order valence-electron chi connectivity index (χ1n) is 8.97. The van der Waals surface area contributed by atoms with Gasteiger partial charge in [0, 0.05) is 4.47 Å². The van der Waals surface area contributed by atoms with E-state index in [1.165, 1.54) is 13.3 Å². The number of para-hydroxylation sites is 2. The van der Waals surface area contributed by atoms with Crippen LogP contribution in [-0.2, 0) is 4.79 Å². The first kappa shape index (κ1) is 19.7. The molecule has 0 unspecified atom stereocenters. The molecule has 30 heavy (non-hydrogen) atoms. The summed E-state index contributed by atoms with van der Waals surface area (Å²) in [5, 5.41) is 19.5. The number of halogens is 1. The maximum Gasteiger partial charge on any atom is 0.352 e. The standard InChI is InChI=1S/C21H17BrN4O4/c1-30-18-5-3-2-4-15(18)25-20(27)14-11-23-26-17(12-6-8-13(22)9-7-12)10-16(21(28)29)24-19(14)26/h2-11,17,24H,1H3,(H,25,27)(H,28,29)/t17-/m0/s1. The third-order valence-electron chi connectivity index (χ3n) is 4.68. The fourth-order valence-corrected chi connectivity index (χ4v) is 3.49. The minimum Gasteiger partial charge on any atom is -0.495 e. The average molecular weight is 469 g/mol. The number of hydrogen-bond donors (Lipinski definition) is 3. The van der Waals surface area contributed by atoms with E-state index < -0.39 is 17.9 Å². The molecule has 2 heterocycles. The lowest BCUT2D eigenvalue weighted by molar-refractivity contribution is -0.132. The quantitative estimate of drug-likeness (QED) is 0.524. The second-order valence-electron chi connectivity index (χ2n) is 6.51. The zero-order valence-corrected chi connectivity index (χ0v) is 17.4. The lowest BCUT2D eigenvalue weighted by atomic mass is 10.0. The molecule has 0 saturated heterocycles. The second kappa shape index (κ2) is 8.03. The van der Waals surface area contributed by atoms with Crippen molar-refractivity contribution in [2.45, 2.75) is 6.04 Å². The van der Waals surface area contributed by atoms with Gasteiger partial charge in [-0.1, -0.05) is 40.2 Å². The monoisotopic (exact) mass is 468 g/mol. The number of benzene rings is 2. The van der Waals surface area contributed by atoms with E-state index in [1.807, 2.05) is 24.3 Å². The Balaban J connectivity index is 1.72. The van der Waals surface area contributed by atoms with E-state index in [9.17, 15) is 14.7 Å². The number of rotatable bonds is 5. The molecule has 1 aliphatic rings. The number of aromatic nitrogens is 2. The van der Waals surface area contributed by atoms with Gasteiger partial charge in [0.1, 0.15) is 22.8 Å². The minimum absolute atomic E-state index is 0.0257. The molecule has 1 amide bonds. The Labute approximate surface area is 180 Å². The first-order valence-corrected chi connectivity index (χ1v) is 9.76. The van der Waals surface area contributed by atoms with E-state index in [0.717, 1.165) is 10.0 Å². The fraction of sp³-hybridized carbons (Fsp3) is 0.0952. The van der Waals surface area contributed by atoms with E-state index in [-0.39, 0.29) is 11.3 Å². The molecular weight excluding hydrogens is 452 g/mol. The number of methoxy groups -OCH3 is 1. The number of carbonyl (C=O) groups is 2. The summed E-state index contributed by atoms with van der Waals surface area (Å²) in [5.74, 6) is -0.746. The number of carbonyl (C=O) groups excluding carboxylic acids is 1. The van der Waals surface area contributed by atoms with Crippen LogP contribution in [0.4, 0.5) is 11.5 Å². The Morgan fingerprint density at radius 3 is 2.63 bits per heavy atom. The van der Waals surface area contributed by atoms with Gasteiger partial charge in [0.05, 0.1) is 25.0 Å². The van der Waals surface area contributed by atoms with Crippen LogP contribution in [0.15, 0.2) is 71.0 Å². The van der Waals surface area contributed by atoms with Crippen molar-refractivity contribution in [3.63, 3.8) is 0 Å². The molecule has 2 aromatic carbocycles. The summed E-state index contributed by atoms with van der Waals surface area (Å²) in [6.07, 6.45) is 2.98. The van der Waals surface area contributed by atoms with Crippen LogP contribution in [-0.4, -0.2) is 33.9 Å². The van der Waals surface area contributed by atoms with Gasteiger partial charge in [-0.05, 0) is 35.9 Å². The van der Waals surface area contributed by atoms with Gasteiger partial charge in [0.2, 0.25) is 0 Å². The van der Waals surface area contributed by atoms with Crippen LogP contribution in [0.25, 0.3) is 0 Å². The molecule has 4 rings (SSSR count). The average Bonchev–Trinajstić information content (AvgIpc) is 3.18. The van der Waals surface area contributed by atoms with Gasteiger partial charge >= 0.3 is 5.97 Å². The van der Waals surface area contributed by atoms with Crippen LogP contribution < -0.4 is 15.4 Å². The van der Waals surface area contributed by atoms with E-state index in [4.69, 9.17) is 4.74 Å². The zero-order valence-electron chi connectivity index (χ0n) is 15.8. The van der Waals surface area contributed by atoms with E-state index in [2.05, 4.69) is 31.7 Å². The van der Waals surface area contributed by atoms with Crippen molar-refractivity contribution in [2.75, 3.05) is 17.7 Å². The highest BCUT2D eigenvalue weighted by Crippen LogP contribution is 2.33. The van der Waals surface area contributed by atoms with Crippen molar-refractivity contribution in [1.29, 1.82) is 0 Å². The fourth-order valence-electron chi connectivity index (χ4n) is 3.22. The van der Waals surface area contributed by atoms with Crippen LogP contribution in [0.1, 0.15) is 22.0 Å². The molecule has 0 saturated carbocycles. The molecule has 0 spiro atoms. The first-order chi connectivity index (χ1) is 14.5. The molecule has 0 fully saturated rings. The number of nitrogens with zero attached hydrogens (tertiary/aromatic N) is 2. The maximum atomic E-state index is 12.9. The smallest absolute Gasteiger partial charge is 0.352 e. The SMILES string of the molecule is COc1ccccc1NC(=O)c1cnn2c1NC(C(=O)O)=C[C@H]2c1ccc(Br)cc1. The van der Waals surface area contributed by atoms with Gasteiger partial charge < -0.3 is 20.5 Å². The second-order valence-corrected chi connectivity index (χ2v) is 7.43. The summed E-state index contributed by atoms with van der Waals surface area (Å²) in [5.41, 5.74) is 1.52. The highest BCUT2D eigenvalue weighted by molar-refractivity contribution is 9.10.